The Morgan fingerprint density at radius 2 is 1.96 bits per heavy atom. The van der Waals surface area contributed by atoms with E-state index in [0.717, 1.165) is 0 Å². The number of halogens is 3. The lowest BCUT2D eigenvalue weighted by molar-refractivity contribution is -0.753. The van der Waals surface area contributed by atoms with Gasteiger partial charge in [0.1, 0.15) is 18.6 Å². The first kappa shape index (κ1) is 22.2. The van der Waals surface area contributed by atoms with Gasteiger partial charge in [0.25, 0.3) is 5.91 Å². The summed E-state index contributed by atoms with van der Waals surface area (Å²) < 4.78 is 33.0. The van der Waals surface area contributed by atoms with Crippen LogP contribution in [-0.4, -0.2) is 52.0 Å². The average molecular weight is 367 g/mol. The Bertz CT molecular complexity index is 590. The topological polar surface area (TPSA) is 144 Å². The minimum atomic E-state index is -5.19. The van der Waals surface area contributed by atoms with Gasteiger partial charge in [0.05, 0.1) is 11.7 Å². The fourth-order valence-electron chi connectivity index (χ4n) is 1.20. The van der Waals surface area contributed by atoms with Crippen LogP contribution in [0.25, 0.3) is 0 Å². The standard InChI is InChI=1S/C11H15N3O4.C2HF3O2/c1-8(15)6-12-11(18)9-2-4-14(13-7-9)5-3-10(16)17;3-2(4,5)1(6)7/h2,4,7-8,15H,3,5-6H2,1H3,(H-,12,16,17,18);(H,6,7). The van der Waals surface area contributed by atoms with E-state index in [1.54, 1.807) is 19.2 Å². The molecule has 1 amide bonds. The Labute approximate surface area is 139 Å². The number of amides is 1. The van der Waals surface area contributed by atoms with Gasteiger partial charge in [-0.1, -0.05) is 4.68 Å². The highest BCUT2D eigenvalue weighted by atomic mass is 19.4. The molecule has 1 unspecified atom stereocenters. The summed E-state index contributed by atoms with van der Waals surface area (Å²) in [5.41, 5.74) is 0.363. The van der Waals surface area contributed by atoms with Crippen LogP contribution in [0, 0.1) is 0 Å². The molecule has 1 atom stereocenters. The minimum absolute atomic E-state index is 0.0226. The van der Waals surface area contributed by atoms with Gasteiger partial charge in [0.2, 0.25) is 0 Å². The molecule has 3 N–H and O–H groups in total. The van der Waals surface area contributed by atoms with E-state index in [2.05, 4.69) is 10.4 Å². The number of carbonyl (C=O) groups is 3. The molecule has 0 aliphatic rings. The maximum absolute atomic E-state index is 11.6. The Hall–Kier alpha value is -2.76. The Morgan fingerprint density at radius 3 is 2.32 bits per heavy atom. The third kappa shape index (κ3) is 10.6. The van der Waals surface area contributed by atoms with Crippen molar-refractivity contribution in [1.82, 2.24) is 10.4 Å². The van der Waals surface area contributed by atoms with Gasteiger partial charge in [-0.15, -0.1) is 0 Å². The number of carbonyl (C=O) groups excluding carboxylic acids is 2. The monoisotopic (exact) mass is 367 g/mol. The second kappa shape index (κ2) is 10.2. The zero-order chi connectivity index (χ0) is 19.6. The molecule has 0 bridgehead atoms. The largest absolute Gasteiger partial charge is 0.542 e. The summed E-state index contributed by atoms with van der Waals surface area (Å²) in [6.45, 7) is 2.00. The number of aliphatic hydroxyl groups excluding tert-OH is 1. The number of alkyl halides is 3. The Kier molecular flexibility index (Phi) is 9.05. The third-order valence-corrected chi connectivity index (χ3v) is 2.38. The number of carboxylic acids is 2. The summed E-state index contributed by atoms with van der Waals surface area (Å²) in [6, 6.07) is 1.55. The molecule has 25 heavy (non-hydrogen) atoms. The summed E-state index contributed by atoms with van der Waals surface area (Å²) in [5, 5.41) is 32.8. The zero-order valence-electron chi connectivity index (χ0n) is 13.0. The van der Waals surface area contributed by atoms with Crippen LogP contribution in [0.2, 0.25) is 0 Å². The summed E-state index contributed by atoms with van der Waals surface area (Å²) in [5.74, 6) is -4.23. The highest BCUT2D eigenvalue weighted by Crippen LogP contribution is 2.11. The van der Waals surface area contributed by atoms with E-state index < -0.39 is 24.2 Å². The van der Waals surface area contributed by atoms with E-state index in [0.29, 0.717) is 5.56 Å². The predicted molar refractivity (Wildman–Crippen MR) is 71.8 cm³/mol. The molecular formula is C13H16F3N3O6. The molecule has 0 saturated carbocycles. The van der Waals surface area contributed by atoms with Crippen molar-refractivity contribution in [1.29, 1.82) is 0 Å². The number of hydrogen-bond acceptors (Lipinski definition) is 6. The lowest BCUT2D eigenvalue weighted by atomic mass is 10.3. The molecule has 0 aliphatic heterocycles. The molecule has 1 rings (SSSR count). The van der Waals surface area contributed by atoms with Crippen molar-refractivity contribution in [2.75, 3.05) is 6.54 Å². The second-order valence-electron chi connectivity index (χ2n) is 4.67. The van der Waals surface area contributed by atoms with Crippen LogP contribution < -0.4 is 15.1 Å². The molecular weight excluding hydrogens is 351 g/mol. The van der Waals surface area contributed by atoms with Crippen LogP contribution in [-0.2, 0) is 16.1 Å². The SMILES string of the molecule is CC(O)CNC(=O)c1cc[n+](CCC(=O)O)nc1.O=C([O-])C(F)(F)F. The highest BCUT2D eigenvalue weighted by molar-refractivity contribution is 5.93. The van der Waals surface area contributed by atoms with E-state index in [9.17, 15) is 22.8 Å². The van der Waals surface area contributed by atoms with Gasteiger partial charge in [0.15, 0.2) is 12.7 Å². The second-order valence-corrected chi connectivity index (χ2v) is 4.67. The zero-order valence-corrected chi connectivity index (χ0v) is 13.0. The van der Waals surface area contributed by atoms with Crippen molar-refractivity contribution in [3.8, 4) is 0 Å². The lowest BCUT2D eigenvalue weighted by Gasteiger charge is -2.05. The molecule has 1 heterocycles. The van der Waals surface area contributed by atoms with E-state index in [1.165, 1.54) is 10.9 Å². The molecule has 1 aromatic heterocycles. The van der Waals surface area contributed by atoms with Crippen molar-refractivity contribution in [3.63, 3.8) is 0 Å². The van der Waals surface area contributed by atoms with Crippen LogP contribution in [0.1, 0.15) is 23.7 Å². The maximum Gasteiger partial charge on any atom is 0.430 e. The van der Waals surface area contributed by atoms with Gasteiger partial charge in [0, 0.05) is 12.6 Å². The number of aromatic nitrogens is 2. The first-order chi connectivity index (χ1) is 11.4. The number of rotatable bonds is 6. The van der Waals surface area contributed by atoms with E-state index in [4.69, 9.17) is 20.1 Å². The van der Waals surface area contributed by atoms with Crippen LogP contribution >= 0.6 is 0 Å². The van der Waals surface area contributed by atoms with Gasteiger partial charge in [-0.25, -0.2) is 0 Å². The summed E-state index contributed by atoms with van der Waals surface area (Å²) >= 11 is 0. The number of hydrogen-bond donors (Lipinski definition) is 3. The highest BCUT2D eigenvalue weighted by Gasteiger charge is 2.28. The summed E-state index contributed by atoms with van der Waals surface area (Å²) in [4.78, 5) is 30.7. The molecule has 0 saturated heterocycles. The van der Waals surface area contributed by atoms with Gasteiger partial charge >= 0.3 is 12.1 Å². The number of carboxylic acid groups (broad SMARTS) is 2. The normalized spacial score (nSPS) is 11.7. The maximum atomic E-state index is 11.6. The van der Waals surface area contributed by atoms with Crippen LogP contribution in [0.4, 0.5) is 13.2 Å². The molecule has 0 fully saturated rings. The number of aliphatic hydroxyl groups is 1. The first-order valence-corrected chi connectivity index (χ1v) is 6.75. The van der Waals surface area contributed by atoms with Gasteiger partial charge in [-0.2, -0.15) is 13.2 Å². The average Bonchev–Trinajstić information content (AvgIpc) is 2.50. The fraction of sp³-hybridized carbons (Fsp3) is 0.462. The van der Waals surface area contributed by atoms with E-state index >= 15 is 0 Å². The molecule has 140 valence electrons. The smallest absolute Gasteiger partial charge is 0.430 e. The number of aliphatic carboxylic acids is 2. The predicted octanol–water partition coefficient (Wildman–Crippen LogP) is -1.75. The number of nitrogens with zero attached hydrogens (tertiary/aromatic N) is 2. The van der Waals surface area contributed by atoms with Gasteiger partial charge < -0.3 is 25.4 Å². The minimum Gasteiger partial charge on any atom is -0.542 e. The molecule has 0 aromatic carbocycles. The third-order valence-electron chi connectivity index (χ3n) is 2.38. The van der Waals surface area contributed by atoms with Crippen molar-refractivity contribution in [3.05, 3.63) is 24.0 Å². The van der Waals surface area contributed by atoms with E-state index in [1.807, 2.05) is 0 Å². The lowest BCUT2D eigenvalue weighted by Crippen LogP contribution is -2.39. The first-order valence-electron chi connectivity index (χ1n) is 6.75. The quantitative estimate of drug-likeness (QED) is 0.506. The van der Waals surface area contributed by atoms with Gasteiger partial charge in [-0.05, 0) is 12.0 Å². The van der Waals surface area contributed by atoms with Crippen molar-refractivity contribution >= 4 is 17.8 Å². The molecule has 0 aliphatic carbocycles. The summed E-state index contributed by atoms with van der Waals surface area (Å²) in [6.07, 6.45) is -2.92. The molecule has 0 spiro atoms. The molecule has 9 nitrogen and oxygen atoms in total. The van der Waals surface area contributed by atoms with Crippen molar-refractivity contribution in [2.24, 2.45) is 0 Å². The molecule has 1 aromatic rings. The molecule has 0 radical (unpaired) electrons. The van der Waals surface area contributed by atoms with Gasteiger partial charge in [-0.3, -0.25) is 9.59 Å². The Balaban J connectivity index is 0.000000697. The van der Waals surface area contributed by atoms with Crippen molar-refractivity contribution < 1.29 is 47.6 Å². The van der Waals surface area contributed by atoms with Crippen LogP contribution in [0.15, 0.2) is 18.5 Å². The number of nitrogens with one attached hydrogen (secondary N) is 1. The van der Waals surface area contributed by atoms with Crippen molar-refractivity contribution in [2.45, 2.75) is 32.2 Å². The van der Waals surface area contributed by atoms with Crippen LogP contribution in [0.3, 0.4) is 0 Å². The molecule has 12 heteroatoms. The fourth-order valence-corrected chi connectivity index (χ4v) is 1.20. The summed E-state index contributed by atoms with van der Waals surface area (Å²) in [7, 11) is 0. The number of aryl methyl sites for hydroxylation is 1. The van der Waals surface area contributed by atoms with Crippen LogP contribution in [0.5, 0.6) is 0 Å². The van der Waals surface area contributed by atoms with E-state index in [-0.39, 0.29) is 25.4 Å². The Morgan fingerprint density at radius 1 is 1.40 bits per heavy atom.